The van der Waals surface area contributed by atoms with Gasteiger partial charge in [0.2, 0.25) is 10.0 Å². The highest BCUT2D eigenvalue weighted by molar-refractivity contribution is 7.89. The number of carbonyl (C=O) groups is 2. The van der Waals surface area contributed by atoms with Crippen LogP contribution in [0.3, 0.4) is 0 Å². The molecule has 0 saturated carbocycles. The van der Waals surface area contributed by atoms with Gasteiger partial charge in [0, 0.05) is 11.7 Å². The van der Waals surface area contributed by atoms with E-state index in [0.29, 0.717) is 22.4 Å². The predicted octanol–water partition coefficient (Wildman–Crippen LogP) is 5.17. The van der Waals surface area contributed by atoms with E-state index in [4.69, 9.17) is 0 Å². The number of urea groups is 1. The van der Waals surface area contributed by atoms with Crippen LogP contribution in [-0.2, 0) is 21.2 Å². The SMILES string of the molecule is CCC(C)NC(=O)Nc1cccc(-c2ccc(C[C@@H](NS(=O)(=O)c3c(C)cc(C)cc3C)C(=O)O)cc2)c1. The summed E-state index contributed by atoms with van der Waals surface area (Å²) in [6.45, 7) is 9.21. The third-order valence-corrected chi connectivity index (χ3v) is 8.08. The molecule has 1 unspecified atom stereocenters. The van der Waals surface area contributed by atoms with Crippen LogP contribution in [0.1, 0.15) is 42.5 Å². The van der Waals surface area contributed by atoms with Crippen LogP contribution in [0.5, 0.6) is 0 Å². The van der Waals surface area contributed by atoms with Crippen molar-refractivity contribution in [1.29, 1.82) is 0 Å². The van der Waals surface area contributed by atoms with Crippen LogP contribution >= 0.6 is 0 Å². The number of carboxylic acids is 1. The number of sulfonamides is 1. The maximum Gasteiger partial charge on any atom is 0.322 e. The zero-order chi connectivity index (χ0) is 28.0. The van der Waals surface area contributed by atoms with Gasteiger partial charge in [-0.25, -0.2) is 13.2 Å². The fourth-order valence-corrected chi connectivity index (χ4v) is 6.00. The molecule has 202 valence electrons. The minimum atomic E-state index is -4.05. The van der Waals surface area contributed by atoms with E-state index in [0.717, 1.165) is 23.1 Å². The van der Waals surface area contributed by atoms with Crippen molar-refractivity contribution in [2.24, 2.45) is 0 Å². The maximum atomic E-state index is 13.1. The number of aryl methyl sites for hydroxylation is 3. The van der Waals surface area contributed by atoms with Gasteiger partial charge in [-0.2, -0.15) is 4.72 Å². The quantitative estimate of drug-likeness (QED) is 0.284. The number of anilines is 1. The number of rotatable bonds is 10. The number of benzene rings is 3. The summed E-state index contributed by atoms with van der Waals surface area (Å²) in [5.74, 6) is -1.26. The highest BCUT2D eigenvalue weighted by Crippen LogP contribution is 2.25. The van der Waals surface area contributed by atoms with Gasteiger partial charge in [0.25, 0.3) is 0 Å². The molecule has 3 aromatic carbocycles. The highest BCUT2D eigenvalue weighted by atomic mass is 32.2. The number of carbonyl (C=O) groups excluding carboxylic acids is 1. The second-order valence-electron chi connectivity index (χ2n) is 9.63. The summed E-state index contributed by atoms with van der Waals surface area (Å²) < 4.78 is 28.6. The molecule has 0 aliphatic heterocycles. The first-order chi connectivity index (χ1) is 17.9. The molecule has 0 heterocycles. The van der Waals surface area contributed by atoms with Crippen molar-refractivity contribution in [3.63, 3.8) is 0 Å². The van der Waals surface area contributed by atoms with Gasteiger partial charge in [-0.3, -0.25) is 4.79 Å². The minimum Gasteiger partial charge on any atom is -0.480 e. The van der Waals surface area contributed by atoms with Crippen LogP contribution in [0.25, 0.3) is 11.1 Å². The molecule has 3 rings (SSSR count). The van der Waals surface area contributed by atoms with Gasteiger partial charge < -0.3 is 15.7 Å². The van der Waals surface area contributed by atoms with Crippen molar-refractivity contribution in [3.8, 4) is 11.1 Å². The average molecular weight is 538 g/mol. The smallest absolute Gasteiger partial charge is 0.322 e. The number of hydrogen-bond acceptors (Lipinski definition) is 4. The molecule has 38 heavy (non-hydrogen) atoms. The van der Waals surface area contributed by atoms with E-state index in [-0.39, 0.29) is 23.4 Å². The summed E-state index contributed by atoms with van der Waals surface area (Å²) in [4.78, 5) is 24.2. The summed E-state index contributed by atoms with van der Waals surface area (Å²) in [5.41, 5.74) is 5.13. The molecule has 0 bridgehead atoms. The third-order valence-electron chi connectivity index (χ3n) is 6.31. The fourth-order valence-electron chi connectivity index (χ4n) is 4.35. The zero-order valence-electron chi connectivity index (χ0n) is 22.3. The molecular formula is C29H35N3O5S. The molecule has 2 amide bonds. The topological polar surface area (TPSA) is 125 Å². The zero-order valence-corrected chi connectivity index (χ0v) is 23.1. The lowest BCUT2D eigenvalue weighted by Gasteiger charge is -2.18. The van der Waals surface area contributed by atoms with Gasteiger partial charge in [-0.1, -0.05) is 61.0 Å². The molecule has 0 aromatic heterocycles. The van der Waals surface area contributed by atoms with Crippen LogP contribution in [0.15, 0.2) is 65.6 Å². The predicted molar refractivity (Wildman–Crippen MR) is 150 cm³/mol. The van der Waals surface area contributed by atoms with Gasteiger partial charge in [-0.15, -0.1) is 0 Å². The number of aliphatic carboxylic acids is 1. The second-order valence-corrected chi connectivity index (χ2v) is 11.3. The van der Waals surface area contributed by atoms with E-state index in [1.807, 2.05) is 51.1 Å². The summed E-state index contributed by atoms with van der Waals surface area (Å²) in [5, 5.41) is 15.5. The van der Waals surface area contributed by atoms with Crippen LogP contribution < -0.4 is 15.4 Å². The Bertz CT molecular complexity index is 1400. The Morgan fingerprint density at radius 2 is 1.55 bits per heavy atom. The largest absolute Gasteiger partial charge is 0.480 e. The molecule has 9 heteroatoms. The van der Waals surface area contributed by atoms with Gasteiger partial charge in [0.15, 0.2) is 0 Å². The fraction of sp³-hybridized carbons (Fsp3) is 0.310. The van der Waals surface area contributed by atoms with Gasteiger partial charge in [0.1, 0.15) is 6.04 Å². The van der Waals surface area contributed by atoms with Gasteiger partial charge in [0.05, 0.1) is 4.90 Å². The van der Waals surface area contributed by atoms with Crippen molar-refractivity contribution >= 4 is 27.7 Å². The van der Waals surface area contributed by atoms with E-state index in [1.165, 1.54) is 0 Å². The van der Waals surface area contributed by atoms with Crippen LogP contribution in [0, 0.1) is 20.8 Å². The Morgan fingerprint density at radius 1 is 0.921 bits per heavy atom. The van der Waals surface area contributed by atoms with E-state index in [2.05, 4.69) is 15.4 Å². The number of carboxylic acid groups (broad SMARTS) is 1. The summed E-state index contributed by atoms with van der Waals surface area (Å²) >= 11 is 0. The molecule has 4 N–H and O–H groups in total. The standard InChI is InChI=1S/C29H35N3O5S/c1-6-21(5)30-29(35)31-25-9-7-8-24(17-25)23-12-10-22(11-13-23)16-26(28(33)34)32-38(36,37)27-19(3)14-18(2)15-20(27)4/h7-15,17,21,26,32H,6,16H2,1-5H3,(H,33,34)(H2,30,31,35)/t21?,26-/m1/s1. The summed E-state index contributed by atoms with van der Waals surface area (Å²) in [7, 11) is -4.05. The minimum absolute atomic E-state index is 0.0177. The Hall–Kier alpha value is -3.69. The summed E-state index contributed by atoms with van der Waals surface area (Å²) in [6.07, 6.45) is 0.811. The van der Waals surface area contributed by atoms with E-state index in [1.54, 1.807) is 44.2 Å². The molecule has 0 spiro atoms. The number of hydrogen-bond donors (Lipinski definition) is 4. The van der Waals surface area contributed by atoms with Crippen molar-refractivity contribution in [2.45, 2.75) is 64.4 Å². The molecule has 0 saturated heterocycles. The molecular weight excluding hydrogens is 502 g/mol. The number of amides is 2. The molecule has 0 aliphatic carbocycles. The third kappa shape index (κ3) is 7.43. The van der Waals surface area contributed by atoms with E-state index < -0.39 is 22.0 Å². The molecule has 0 aliphatic rings. The highest BCUT2D eigenvalue weighted by Gasteiger charge is 2.28. The van der Waals surface area contributed by atoms with Crippen LogP contribution in [0.2, 0.25) is 0 Å². The Labute approximate surface area is 224 Å². The second kappa shape index (κ2) is 12.2. The normalized spacial score (nSPS) is 13.0. The monoisotopic (exact) mass is 537 g/mol. The molecule has 0 fully saturated rings. The van der Waals surface area contributed by atoms with Crippen LogP contribution in [-0.4, -0.2) is 37.6 Å². The first-order valence-corrected chi connectivity index (χ1v) is 14.0. The Balaban J connectivity index is 1.75. The first-order valence-electron chi connectivity index (χ1n) is 12.5. The molecule has 3 aromatic rings. The lowest BCUT2D eigenvalue weighted by Crippen LogP contribution is -2.42. The van der Waals surface area contributed by atoms with Crippen molar-refractivity contribution in [2.75, 3.05) is 5.32 Å². The first kappa shape index (κ1) is 28.9. The summed E-state index contributed by atoms with van der Waals surface area (Å²) in [6, 6.07) is 16.6. The van der Waals surface area contributed by atoms with Gasteiger partial charge in [-0.05, 0) is 80.5 Å². The lowest BCUT2D eigenvalue weighted by atomic mass is 10.0. The van der Waals surface area contributed by atoms with Crippen molar-refractivity contribution in [1.82, 2.24) is 10.0 Å². The van der Waals surface area contributed by atoms with E-state index in [9.17, 15) is 23.1 Å². The van der Waals surface area contributed by atoms with Gasteiger partial charge >= 0.3 is 12.0 Å². The molecule has 8 nitrogen and oxygen atoms in total. The van der Waals surface area contributed by atoms with Crippen molar-refractivity contribution in [3.05, 3.63) is 82.9 Å². The van der Waals surface area contributed by atoms with Crippen LogP contribution in [0.4, 0.5) is 10.5 Å². The lowest BCUT2D eigenvalue weighted by molar-refractivity contribution is -0.138. The Morgan fingerprint density at radius 3 is 2.13 bits per heavy atom. The molecule has 2 atom stereocenters. The Kier molecular flexibility index (Phi) is 9.30. The number of nitrogens with one attached hydrogen (secondary N) is 3. The molecule has 0 radical (unpaired) electrons. The van der Waals surface area contributed by atoms with E-state index >= 15 is 0 Å². The maximum absolute atomic E-state index is 13.1. The average Bonchev–Trinajstić information content (AvgIpc) is 2.83. The van der Waals surface area contributed by atoms with Crippen molar-refractivity contribution < 1.29 is 23.1 Å².